The number of anilines is 1. The van der Waals surface area contributed by atoms with Gasteiger partial charge in [0.15, 0.2) is 17.2 Å². The Morgan fingerprint density at radius 2 is 1.94 bits per heavy atom. The Balaban J connectivity index is 1.38. The van der Waals surface area contributed by atoms with Crippen LogP contribution >= 0.6 is 15.9 Å². The van der Waals surface area contributed by atoms with Crippen molar-refractivity contribution < 1.29 is 4.79 Å². The number of carbonyl (C=O) groups is 1. The summed E-state index contributed by atoms with van der Waals surface area (Å²) in [5.74, 6) is 0.106. The molecule has 0 bridgehead atoms. The molecule has 0 radical (unpaired) electrons. The molecule has 9 nitrogen and oxygen atoms in total. The summed E-state index contributed by atoms with van der Waals surface area (Å²) in [5.41, 5.74) is 4.64. The normalized spacial score (nSPS) is 11.2. The summed E-state index contributed by atoms with van der Waals surface area (Å²) in [6, 6.07) is 13.4. The van der Waals surface area contributed by atoms with Crippen molar-refractivity contribution >= 4 is 33.3 Å². The van der Waals surface area contributed by atoms with Gasteiger partial charge in [0.1, 0.15) is 5.69 Å². The number of nitrogens with one attached hydrogen (secondary N) is 1. The van der Waals surface area contributed by atoms with E-state index in [2.05, 4.69) is 60.6 Å². The molecule has 0 saturated heterocycles. The number of aryl methyl sites for hydroxylation is 2. The van der Waals surface area contributed by atoms with Crippen LogP contribution in [-0.2, 0) is 13.1 Å². The van der Waals surface area contributed by atoms with Crippen LogP contribution in [0.25, 0.3) is 17.0 Å². The number of rotatable bonds is 6. The Bertz CT molecular complexity index is 1460. The monoisotopic (exact) mass is 504 g/mol. The molecule has 5 aromatic rings. The Kier molecular flexibility index (Phi) is 5.51. The first kappa shape index (κ1) is 21.1. The highest BCUT2D eigenvalue weighted by Crippen LogP contribution is 2.27. The molecule has 0 fully saturated rings. The van der Waals surface area contributed by atoms with Crippen LogP contribution in [0.4, 0.5) is 5.82 Å². The van der Waals surface area contributed by atoms with E-state index in [0.29, 0.717) is 18.0 Å². The number of hydrogen-bond donors (Lipinski definition) is 1. The summed E-state index contributed by atoms with van der Waals surface area (Å²) in [7, 11) is 0. The second-order valence-corrected chi connectivity index (χ2v) is 8.44. The summed E-state index contributed by atoms with van der Waals surface area (Å²) < 4.78 is 6.09. The van der Waals surface area contributed by atoms with Crippen LogP contribution in [-0.4, -0.2) is 40.1 Å². The van der Waals surface area contributed by atoms with Crippen molar-refractivity contribution in [3.8, 4) is 11.4 Å². The van der Waals surface area contributed by atoms with Gasteiger partial charge < -0.3 is 5.32 Å². The molecule has 4 heterocycles. The summed E-state index contributed by atoms with van der Waals surface area (Å²) in [4.78, 5) is 17.2. The van der Waals surface area contributed by atoms with Gasteiger partial charge in [0.25, 0.3) is 5.91 Å². The lowest BCUT2D eigenvalue weighted by Gasteiger charge is -2.05. The minimum Gasteiger partial charge on any atom is -0.304 e. The molecule has 0 atom stereocenters. The fourth-order valence-electron chi connectivity index (χ4n) is 3.58. The van der Waals surface area contributed by atoms with E-state index >= 15 is 0 Å². The van der Waals surface area contributed by atoms with Crippen molar-refractivity contribution in [1.82, 2.24) is 34.2 Å². The van der Waals surface area contributed by atoms with Gasteiger partial charge in [-0.15, -0.1) is 0 Å². The number of nitrogens with zero attached hydrogens (tertiary/aromatic N) is 7. The number of fused-ring (bicyclic) bond motifs is 1. The molecule has 166 valence electrons. The van der Waals surface area contributed by atoms with Crippen molar-refractivity contribution in [2.24, 2.45) is 0 Å². The van der Waals surface area contributed by atoms with Gasteiger partial charge in [-0.1, -0.05) is 24.3 Å². The minimum absolute atomic E-state index is 0.245. The number of benzene rings is 1. The Morgan fingerprint density at radius 1 is 1.09 bits per heavy atom. The van der Waals surface area contributed by atoms with Gasteiger partial charge in [0, 0.05) is 37.3 Å². The highest BCUT2D eigenvalue weighted by atomic mass is 79.9. The fourth-order valence-corrected chi connectivity index (χ4v) is 4.10. The highest BCUT2D eigenvalue weighted by molar-refractivity contribution is 9.10. The number of halogens is 1. The molecule has 4 aromatic heterocycles. The third-order valence-electron chi connectivity index (χ3n) is 5.35. The average Bonchev–Trinajstić information content (AvgIpc) is 3.53. The van der Waals surface area contributed by atoms with Crippen LogP contribution in [0, 0.1) is 6.92 Å². The number of carbonyl (C=O) groups excluding carboxylic acids is 1. The Morgan fingerprint density at radius 3 is 2.73 bits per heavy atom. The first-order valence-corrected chi connectivity index (χ1v) is 11.3. The van der Waals surface area contributed by atoms with Crippen molar-refractivity contribution in [2.45, 2.75) is 26.9 Å². The first-order chi connectivity index (χ1) is 16.0. The predicted molar refractivity (Wildman–Crippen MR) is 128 cm³/mol. The summed E-state index contributed by atoms with van der Waals surface area (Å²) in [6.07, 6.45) is 5.43. The molecular weight excluding hydrogens is 484 g/mol. The topological polar surface area (TPSA) is 94.9 Å². The van der Waals surface area contributed by atoms with Gasteiger partial charge >= 0.3 is 0 Å². The maximum atomic E-state index is 12.9. The molecule has 0 aliphatic carbocycles. The zero-order chi connectivity index (χ0) is 22.9. The van der Waals surface area contributed by atoms with E-state index in [0.717, 1.165) is 22.4 Å². The van der Waals surface area contributed by atoms with Gasteiger partial charge in [-0.2, -0.15) is 15.3 Å². The van der Waals surface area contributed by atoms with E-state index in [1.54, 1.807) is 27.5 Å². The molecule has 1 amide bonds. The zero-order valence-electron chi connectivity index (χ0n) is 18.1. The first-order valence-electron chi connectivity index (χ1n) is 10.5. The summed E-state index contributed by atoms with van der Waals surface area (Å²) in [5, 5.41) is 16.4. The highest BCUT2D eigenvalue weighted by Gasteiger charge is 2.18. The van der Waals surface area contributed by atoms with Crippen molar-refractivity contribution in [2.75, 3.05) is 5.32 Å². The van der Waals surface area contributed by atoms with E-state index in [9.17, 15) is 4.79 Å². The lowest BCUT2D eigenvalue weighted by atomic mass is 10.1. The molecule has 10 heteroatoms. The largest absolute Gasteiger partial charge is 0.304 e. The SMILES string of the molecule is CCn1cc(Br)c(-c2ccnc3cc(C(=O)Nc4ccn(Cc5ccccc5C)n4)nn23)n1. The van der Waals surface area contributed by atoms with Crippen molar-refractivity contribution in [1.29, 1.82) is 0 Å². The van der Waals surface area contributed by atoms with Crippen molar-refractivity contribution in [3.05, 3.63) is 82.3 Å². The third kappa shape index (κ3) is 4.17. The molecular formula is C23H21BrN8O. The van der Waals surface area contributed by atoms with Crippen LogP contribution in [0.1, 0.15) is 28.5 Å². The van der Waals surface area contributed by atoms with Crippen LogP contribution in [0.15, 0.2) is 65.5 Å². The maximum absolute atomic E-state index is 12.9. The van der Waals surface area contributed by atoms with Crippen LogP contribution in [0.3, 0.4) is 0 Å². The van der Waals surface area contributed by atoms with Gasteiger partial charge in [-0.3, -0.25) is 14.2 Å². The smallest absolute Gasteiger partial charge is 0.277 e. The van der Waals surface area contributed by atoms with Crippen LogP contribution in [0.2, 0.25) is 0 Å². The molecule has 0 spiro atoms. The molecule has 1 aromatic carbocycles. The number of aromatic nitrogens is 7. The Hall–Kier alpha value is -3.79. The average molecular weight is 505 g/mol. The lowest BCUT2D eigenvalue weighted by Crippen LogP contribution is -2.14. The molecule has 0 aliphatic heterocycles. The Labute approximate surface area is 198 Å². The van der Waals surface area contributed by atoms with E-state index < -0.39 is 0 Å². The van der Waals surface area contributed by atoms with E-state index in [-0.39, 0.29) is 11.6 Å². The molecule has 0 saturated carbocycles. The summed E-state index contributed by atoms with van der Waals surface area (Å²) in [6.45, 7) is 5.46. The standard InChI is InChI=1S/C23H21BrN8O/c1-3-30-14-17(24)22(29-30)19-8-10-25-21-12-18(27-32(19)21)23(33)26-20-9-11-31(28-20)13-16-7-5-4-6-15(16)2/h4-12,14H,3,13H2,1-2H3,(H,26,28,33). The predicted octanol–water partition coefficient (Wildman–Crippen LogP) is 4.18. The molecule has 5 rings (SSSR count). The summed E-state index contributed by atoms with van der Waals surface area (Å²) >= 11 is 3.56. The number of hydrogen-bond acceptors (Lipinski definition) is 5. The van der Waals surface area contributed by atoms with E-state index in [1.807, 2.05) is 42.2 Å². The second-order valence-electron chi connectivity index (χ2n) is 7.59. The maximum Gasteiger partial charge on any atom is 0.277 e. The minimum atomic E-state index is -0.356. The molecule has 0 aliphatic rings. The molecule has 1 N–H and O–H groups in total. The van der Waals surface area contributed by atoms with E-state index in [4.69, 9.17) is 0 Å². The quantitative estimate of drug-likeness (QED) is 0.374. The van der Waals surface area contributed by atoms with E-state index in [1.165, 1.54) is 11.1 Å². The third-order valence-corrected chi connectivity index (χ3v) is 5.93. The van der Waals surface area contributed by atoms with Crippen LogP contribution in [0.5, 0.6) is 0 Å². The second kappa shape index (κ2) is 8.62. The van der Waals surface area contributed by atoms with Gasteiger partial charge in [-0.25, -0.2) is 9.50 Å². The molecule has 33 heavy (non-hydrogen) atoms. The van der Waals surface area contributed by atoms with Gasteiger partial charge in [0.05, 0.1) is 16.7 Å². The fraction of sp³-hybridized carbons (Fsp3) is 0.174. The van der Waals surface area contributed by atoms with Gasteiger partial charge in [0.2, 0.25) is 0 Å². The lowest BCUT2D eigenvalue weighted by molar-refractivity contribution is 0.102. The zero-order valence-corrected chi connectivity index (χ0v) is 19.7. The van der Waals surface area contributed by atoms with Gasteiger partial charge in [-0.05, 0) is 47.0 Å². The number of amides is 1. The molecule has 0 unspecified atom stereocenters. The van der Waals surface area contributed by atoms with Crippen molar-refractivity contribution in [3.63, 3.8) is 0 Å². The van der Waals surface area contributed by atoms with Crippen LogP contribution < -0.4 is 5.32 Å².